The summed E-state index contributed by atoms with van der Waals surface area (Å²) >= 11 is 0. The largest absolute Gasteiger partial charge is 0.257 e. The van der Waals surface area contributed by atoms with E-state index in [9.17, 15) is 0 Å². The second-order valence-electron chi connectivity index (χ2n) is 13.1. The number of hydrogen-bond acceptors (Lipinski definition) is 2. The Morgan fingerprint density at radius 2 is 1.64 bits per heavy atom. The van der Waals surface area contributed by atoms with Crippen LogP contribution in [0.15, 0.2) is 77.4 Å². The highest BCUT2D eigenvalue weighted by Crippen LogP contribution is 2.68. The van der Waals surface area contributed by atoms with E-state index in [1.54, 1.807) is 5.57 Å². The van der Waals surface area contributed by atoms with E-state index >= 15 is 0 Å². The van der Waals surface area contributed by atoms with Crippen molar-refractivity contribution in [2.45, 2.75) is 78.2 Å². The van der Waals surface area contributed by atoms with Gasteiger partial charge in [-0.05, 0) is 105 Å². The van der Waals surface area contributed by atoms with E-state index in [-0.39, 0.29) is 5.41 Å². The molecule has 0 saturated heterocycles. The first-order valence-electron chi connectivity index (χ1n) is 14.6. The minimum atomic E-state index is 0.259. The van der Waals surface area contributed by atoms with E-state index in [0.29, 0.717) is 17.4 Å². The van der Waals surface area contributed by atoms with Gasteiger partial charge in [0.15, 0.2) is 0 Å². The van der Waals surface area contributed by atoms with Crippen LogP contribution in [0, 0.1) is 40.4 Å². The Balaban J connectivity index is 1.25. The van der Waals surface area contributed by atoms with Crippen molar-refractivity contribution in [2.24, 2.45) is 45.5 Å². The molecule has 0 spiro atoms. The third-order valence-electron chi connectivity index (χ3n) is 11.8. The maximum Gasteiger partial charge on any atom is 0.0856 e. The van der Waals surface area contributed by atoms with Gasteiger partial charge in [-0.15, -0.1) is 0 Å². The van der Waals surface area contributed by atoms with E-state index in [1.807, 2.05) is 0 Å². The minimum absolute atomic E-state index is 0.259. The van der Waals surface area contributed by atoms with Gasteiger partial charge in [-0.1, -0.05) is 74.0 Å². The molecule has 0 unspecified atom stereocenters. The lowest BCUT2D eigenvalue weighted by molar-refractivity contribution is -0.0875. The summed E-state index contributed by atoms with van der Waals surface area (Å²) in [6, 6.07) is 22.5. The maximum atomic E-state index is 5.53. The first-order chi connectivity index (χ1) is 17.5. The molecular formula is C34H42N2. The number of nitrogens with zero attached hydrogens (tertiary/aromatic N) is 2. The van der Waals surface area contributed by atoms with Gasteiger partial charge in [0.2, 0.25) is 0 Å². The molecule has 8 atom stereocenters. The highest BCUT2D eigenvalue weighted by Gasteiger charge is 2.63. The van der Waals surface area contributed by atoms with Gasteiger partial charge >= 0.3 is 0 Å². The second kappa shape index (κ2) is 8.33. The van der Waals surface area contributed by atoms with E-state index < -0.39 is 0 Å². The van der Waals surface area contributed by atoms with Crippen LogP contribution in [0.2, 0.25) is 0 Å². The Labute approximate surface area is 217 Å². The minimum Gasteiger partial charge on any atom is -0.257 e. The van der Waals surface area contributed by atoms with Gasteiger partial charge < -0.3 is 0 Å². The van der Waals surface area contributed by atoms with Crippen molar-refractivity contribution in [1.29, 1.82) is 0 Å². The summed E-state index contributed by atoms with van der Waals surface area (Å²) in [6.45, 7) is 7.56. The molecule has 1 heterocycles. The van der Waals surface area contributed by atoms with Crippen molar-refractivity contribution in [3.8, 4) is 0 Å². The van der Waals surface area contributed by atoms with Crippen molar-refractivity contribution >= 4 is 11.4 Å². The van der Waals surface area contributed by atoms with Crippen LogP contribution in [0.3, 0.4) is 0 Å². The van der Waals surface area contributed by atoms with Crippen LogP contribution in [0.1, 0.15) is 83.7 Å². The van der Waals surface area contributed by atoms with E-state index in [2.05, 4.69) is 92.5 Å². The Bertz CT molecular complexity index is 1180. The second-order valence-corrected chi connectivity index (χ2v) is 13.1. The van der Waals surface area contributed by atoms with Gasteiger partial charge in [0.1, 0.15) is 0 Å². The van der Waals surface area contributed by atoms with Gasteiger partial charge in [0.25, 0.3) is 0 Å². The molecule has 0 radical (unpaired) electrons. The molecular weight excluding hydrogens is 436 g/mol. The Hall–Kier alpha value is -2.35. The molecule has 0 aromatic heterocycles. The van der Waals surface area contributed by atoms with Crippen LogP contribution in [-0.2, 0) is 0 Å². The third-order valence-corrected chi connectivity index (χ3v) is 11.8. The van der Waals surface area contributed by atoms with Crippen molar-refractivity contribution in [3.63, 3.8) is 0 Å². The van der Waals surface area contributed by atoms with Crippen LogP contribution < -0.4 is 5.01 Å². The molecule has 5 aliphatic rings. The molecule has 2 heteroatoms. The van der Waals surface area contributed by atoms with Crippen molar-refractivity contribution < 1.29 is 0 Å². The summed E-state index contributed by atoms with van der Waals surface area (Å²) in [5.41, 5.74) is 6.71. The Morgan fingerprint density at radius 1 is 0.889 bits per heavy atom. The quantitative estimate of drug-likeness (QED) is 0.394. The topological polar surface area (TPSA) is 15.6 Å². The van der Waals surface area contributed by atoms with Gasteiger partial charge in [0.05, 0.1) is 17.4 Å². The molecule has 36 heavy (non-hydrogen) atoms. The van der Waals surface area contributed by atoms with Crippen molar-refractivity contribution in [2.75, 3.05) is 5.01 Å². The summed E-state index contributed by atoms with van der Waals surface area (Å²) in [5, 5.41) is 7.91. The molecule has 2 aromatic rings. The molecule has 4 aliphatic carbocycles. The summed E-state index contributed by atoms with van der Waals surface area (Å²) in [4.78, 5) is 0. The van der Waals surface area contributed by atoms with Crippen molar-refractivity contribution in [3.05, 3.63) is 77.9 Å². The fraction of sp³-hybridized carbons (Fsp3) is 0.559. The summed E-state index contributed by atoms with van der Waals surface area (Å²) < 4.78 is 0. The number of hydrogen-bond donors (Lipinski definition) is 0. The molecule has 188 valence electrons. The standard InChI is InChI=1S/C34H42N2/c1-4-23-17-19-33(2)25(21-23)15-16-27-29(33)18-20-34(3)30(27)22-28-31(24-11-7-5-8-12-24)36(35-32(28)34)26-13-9-6-10-14-26/h4-14,25,27-31H,15-22H2,1-3H3/b23-4+/t25-,27+,28+,29-,30-,31+,33-,34-/m0/s1. The molecule has 4 saturated carbocycles. The number of allylic oxidation sites excluding steroid dienone is 2. The Morgan fingerprint density at radius 3 is 2.39 bits per heavy atom. The van der Waals surface area contributed by atoms with Crippen LogP contribution in [0.25, 0.3) is 0 Å². The van der Waals surface area contributed by atoms with Crippen LogP contribution in [0.4, 0.5) is 5.69 Å². The first kappa shape index (κ1) is 22.8. The average molecular weight is 479 g/mol. The fourth-order valence-electron chi connectivity index (χ4n) is 9.89. The Kier molecular flexibility index (Phi) is 5.28. The van der Waals surface area contributed by atoms with E-state index in [0.717, 1.165) is 23.7 Å². The van der Waals surface area contributed by atoms with E-state index in [4.69, 9.17) is 5.10 Å². The predicted molar refractivity (Wildman–Crippen MR) is 150 cm³/mol. The molecule has 2 nitrogen and oxygen atoms in total. The fourth-order valence-corrected chi connectivity index (χ4v) is 9.89. The van der Waals surface area contributed by atoms with Crippen LogP contribution in [-0.4, -0.2) is 5.71 Å². The van der Waals surface area contributed by atoms with Gasteiger partial charge in [-0.25, -0.2) is 0 Å². The average Bonchev–Trinajstić information content (AvgIpc) is 3.44. The van der Waals surface area contributed by atoms with Gasteiger partial charge in [-0.3, -0.25) is 5.01 Å². The summed E-state index contributed by atoms with van der Waals surface area (Å²) in [6.07, 6.45) is 13.5. The zero-order valence-electron chi connectivity index (χ0n) is 22.4. The molecule has 0 amide bonds. The zero-order chi connectivity index (χ0) is 24.5. The smallest absolute Gasteiger partial charge is 0.0856 e. The van der Waals surface area contributed by atoms with Gasteiger partial charge in [0, 0.05) is 11.3 Å². The lowest BCUT2D eigenvalue weighted by atomic mass is 9.45. The monoisotopic (exact) mass is 478 g/mol. The van der Waals surface area contributed by atoms with Crippen LogP contribution >= 0.6 is 0 Å². The lowest BCUT2D eigenvalue weighted by Gasteiger charge is -2.60. The number of rotatable bonds is 2. The highest BCUT2D eigenvalue weighted by molar-refractivity contribution is 5.98. The normalized spacial score (nSPS) is 42.4. The predicted octanol–water partition coefficient (Wildman–Crippen LogP) is 8.82. The molecule has 2 aromatic carbocycles. The summed E-state index contributed by atoms with van der Waals surface area (Å²) in [7, 11) is 0. The number of anilines is 1. The molecule has 0 N–H and O–H groups in total. The number of fused-ring (bicyclic) bond motifs is 7. The number of hydrazone groups is 1. The molecule has 4 fully saturated rings. The van der Waals surface area contributed by atoms with Crippen molar-refractivity contribution in [1.82, 2.24) is 0 Å². The third kappa shape index (κ3) is 3.18. The lowest BCUT2D eigenvalue weighted by Crippen LogP contribution is -2.53. The highest BCUT2D eigenvalue weighted by atomic mass is 15.5. The first-order valence-corrected chi connectivity index (χ1v) is 14.6. The number of para-hydroxylation sites is 1. The number of benzene rings is 2. The SMILES string of the molecule is C/C=C1\CC[C@@]2(C)[C@@H](CC[C@@H]3[C@@H]2CC[C@]2(C)C4=NN(c5ccccc5)[C@H](c5ccccc5)[C@H]4C[C@@H]32)C1. The van der Waals surface area contributed by atoms with E-state index in [1.165, 1.54) is 68.3 Å². The summed E-state index contributed by atoms with van der Waals surface area (Å²) in [5.74, 6) is 4.03. The van der Waals surface area contributed by atoms with Gasteiger partial charge in [-0.2, -0.15) is 5.10 Å². The maximum absolute atomic E-state index is 5.53. The van der Waals surface area contributed by atoms with Crippen LogP contribution in [0.5, 0.6) is 0 Å². The zero-order valence-corrected chi connectivity index (χ0v) is 22.4. The molecule has 7 rings (SSSR count). The molecule has 1 aliphatic heterocycles. The molecule has 0 bridgehead atoms.